The highest BCUT2D eigenvalue weighted by atomic mass is 35.5. The second kappa shape index (κ2) is 6.51. The Balaban J connectivity index is 2.52. The van der Waals surface area contributed by atoms with Crippen LogP contribution in [0, 0.1) is 0 Å². The third kappa shape index (κ3) is 4.21. The zero-order valence-corrected chi connectivity index (χ0v) is 10.3. The van der Waals surface area contributed by atoms with Crippen LogP contribution in [0.3, 0.4) is 0 Å². The minimum atomic E-state index is -0.0233. The highest BCUT2D eigenvalue weighted by Gasteiger charge is 2.08. The first kappa shape index (κ1) is 13.0. The average molecular weight is 241 g/mol. The first-order chi connectivity index (χ1) is 7.63. The largest absolute Gasteiger partial charge is 0.348 e. The first-order valence-electron chi connectivity index (χ1n) is 5.39. The van der Waals surface area contributed by atoms with Gasteiger partial charge in [0.25, 0.3) is 0 Å². The molecule has 4 heteroatoms. The lowest BCUT2D eigenvalue weighted by Crippen LogP contribution is -2.35. The summed E-state index contributed by atoms with van der Waals surface area (Å²) in [6, 6.07) is 7.48. The van der Waals surface area contributed by atoms with E-state index in [1.54, 1.807) is 0 Å². The topological polar surface area (TPSA) is 41.1 Å². The number of amides is 1. The van der Waals surface area contributed by atoms with E-state index in [1.807, 2.05) is 38.1 Å². The zero-order chi connectivity index (χ0) is 12.0. The molecular weight excluding hydrogens is 224 g/mol. The Bertz CT molecular complexity index is 355. The number of rotatable bonds is 5. The quantitative estimate of drug-likeness (QED) is 0.828. The summed E-state index contributed by atoms with van der Waals surface area (Å²) in [5.41, 5.74) is 1.01. The van der Waals surface area contributed by atoms with E-state index in [4.69, 9.17) is 11.6 Å². The number of halogens is 1. The maximum atomic E-state index is 11.5. The van der Waals surface area contributed by atoms with Crippen LogP contribution in [0.4, 0.5) is 0 Å². The molecule has 0 aliphatic heterocycles. The highest BCUT2D eigenvalue weighted by Crippen LogP contribution is 2.16. The number of nitrogens with one attached hydrogen (secondary N) is 2. The number of carbonyl (C=O) groups is 1. The molecule has 0 fully saturated rings. The Morgan fingerprint density at radius 3 is 2.88 bits per heavy atom. The standard InChI is InChI=1S/C12H17ClN2O/c1-3-14-8-12(16)15-9(2)10-5-4-6-11(13)7-10/h4-7,9,14H,3,8H2,1-2H3,(H,15,16). The van der Waals surface area contributed by atoms with Crippen LogP contribution in [-0.2, 0) is 4.79 Å². The molecule has 0 radical (unpaired) electrons. The van der Waals surface area contributed by atoms with Crippen molar-refractivity contribution in [1.29, 1.82) is 0 Å². The third-order valence-corrected chi connectivity index (χ3v) is 2.50. The summed E-state index contributed by atoms with van der Waals surface area (Å²) >= 11 is 5.88. The van der Waals surface area contributed by atoms with Crippen LogP contribution < -0.4 is 10.6 Å². The van der Waals surface area contributed by atoms with Crippen molar-refractivity contribution in [3.63, 3.8) is 0 Å². The van der Waals surface area contributed by atoms with Crippen molar-refractivity contribution >= 4 is 17.5 Å². The van der Waals surface area contributed by atoms with Crippen LogP contribution in [0.1, 0.15) is 25.5 Å². The minimum Gasteiger partial charge on any atom is -0.348 e. The number of hydrogen-bond donors (Lipinski definition) is 2. The molecule has 0 bridgehead atoms. The van der Waals surface area contributed by atoms with Crippen molar-refractivity contribution in [2.45, 2.75) is 19.9 Å². The molecule has 1 amide bonds. The molecule has 16 heavy (non-hydrogen) atoms. The van der Waals surface area contributed by atoms with Gasteiger partial charge in [-0.2, -0.15) is 0 Å². The summed E-state index contributed by atoms with van der Waals surface area (Å²) in [5.74, 6) is -0.00525. The van der Waals surface area contributed by atoms with E-state index in [-0.39, 0.29) is 11.9 Å². The zero-order valence-electron chi connectivity index (χ0n) is 9.59. The molecule has 1 atom stereocenters. The Morgan fingerprint density at radius 1 is 1.50 bits per heavy atom. The van der Waals surface area contributed by atoms with Gasteiger partial charge in [0.05, 0.1) is 12.6 Å². The summed E-state index contributed by atoms with van der Waals surface area (Å²) in [5, 5.41) is 6.56. The Kier molecular flexibility index (Phi) is 5.29. The average Bonchev–Trinajstić information content (AvgIpc) is 2.26. The van der Waals surface area contributed by atoms with Crippen LogP contribution in [0.2, 0.25) is 5.02 Å². The SMILES string of the molecule is CCNCC(=O)NC(C)c1cccc(Cl)c1. The molecule has 2 N–H and O–H groups in total. The molecule has 0 spiro atoms. The smallest absolute Gasteiger partial charge is 0.234 e. The fourth-order valence-electron chi connectivity index (χ4n) is 1.39. The van der Waals surface area contributed by atoms with Crippen molar-refractivity contribution in [1.82, 2.24) is 10.6 Å². The molecule has 1 aromatic rings. The van der Waals surface area contributed by atoms with E-state index >= 15 is 0 Å². The molecule has 1 aromatic carbocycles. The molecule has 0 aromatic heterocycles. The van der Waals surface area contributed by atoms with Crippen LogP contribution in [0.15, 0.2) is 24.3 Å². The van der Waals surface area contributed by atoms with E-state index in [1.165, 1.54) is 0 Å². The fraction of sp³-hybridized carbons (Fsp3) is 0.417. The van der Waals surface area contributed by atoms with Gasteiger partial charge in [-0.05, 0) is 31.2 Å². The maximum absolute atomic E-state index is 11.5. The molecule has 3 nitrogen and oxygen atoms in total. The molecule has 1 unspecified atom stereocenters. The summed E-state index contributed by atoms with van der Waals surface area (Å²) in [7, 11) is 0. The van der Waals surface area contributed by atoms with Crippen LogP contribution >= 0.6 is 11.6 Å². The van der Waals surface area contributed by atoms with Crippen LogP contribution in [0.5, 0.6) is 0 Å². The second-order valence-corrected chi connectivity index (χ2v) is 4.06. The van der Waals surface area contributed by atoms with Gasteiger partial charge in [-0.1, -0.05) is 30.7 Å². The number of carbonyl (C=O) groups excluding carboxylic acids is 1. The Hall–Kier alpha value is -1.06. The molecule has 0 saturated heterocycles. The van der Waals surface area contributed by atoms with Crippen molar-refractivity contribution in [3.05, 3.63) is 34.9 Å². The molecule has 0 heterocycles. The van der Waals surface area contributed by atoms with Crippen LogP contribution in [0.25, 0.3) is 0 Å². The van der Waals surface area contributed by atoms with Crippen molar-refractivity contribution < 1.29 is 4.79 Å². The van der Waals surface area contributed by atoms with E-state index in [9.17, 15) is 4.79 Å². The number of likely N-dealkylation sites (N-methyl/N-ethyl adjacent to an activating group) is 1. The maximum Gasteiger partial charge on any atom is 0.234 e. The monoisotopic (exact) mass is 240 g/mol. The van der Waals surface area contributed by atoms with Gasteiger partial charge in [0, 0.05) is 5.02 Å². The summed E-state index contributed by atoms with van der Waals surface area (Å²) < 4.78 is 0. The normalized spacial score (nSPS) is 12.2. The molecule has 1 rings (SSSR count). The Labute approximate surface area is 101 Å². The first-order valence-corrected chi connectivity index (χ1v) is 5.76. The van der Waals surface area contributed by atoms with Gasteiger partial charge in [0.15, 0.2) is 0 Å². The van der Waals surface area contributed by atoms with Gasteiger partial charge in [-0.3, -0.25) is 4.79 Å². The fourth-order valence-corrected chi connectivity index (χ4v) is 1.59. The lowest BCUT2D eigenvalue weighted by Gasteiger charge is -2.14. The number of benzene rings is 1. The second-order valence-electron chi connectivity index (χ2n) is 3.62. The Morgan fingerprint density at radius 2 is 2.25 bits per heavy atom. The summed E-state index contributed by atoms with van der Waals surface area (Å²) in [6.07, 6.45) is 0. The van der Waals surface area contributed by atoms with Gasteiger partial charge in [-0.15, -0.1) is 0 Å². The van der Waals surface area contributed by atoms with Crippen LogP contribution in [-0.4, -0.2) is 19.0 Å². The summed E-state index contributed by atoms with van der Waals surface area (Å²) in [6.45, 7) is 5.05. The number of hydrogen-bond acceptors (Lipinski definition) is 2. The third-order valence-electron chi connectivity index (χ3n) is 2.26. The van der Waals surface area contributed by atoms with Gasteiger partial charge in [0.2, 0.25) is 5.91 Å². The predicted octanol–water partition coefficient (Wildman–Crippen LogP) is 2.13. The van der Waals surface area contributed by atoms with E-state index in [0.29, 0.717) is 11.6 Å². The summed E-state index contributed by atoms with van der Waals surface area (Å²) in [4.78, 5) is 11.5. The van der Waals surface area contributed by atoms with Gasteiger partial charge >= 0.3 is 0 Å². The molecule has 88 valence electrons. The van der Waals surface area contributed by atoms with Crippen molar-refractivity contribution in [3.8, 4) is 0 Å². The lowest BCUT2D eigenvalue weighted by atomic mass is 10.1. The molecule has 0 aliphatic carbocycles. The van der Waals surface area contributed by atoms with Gasteiger partial charge in [0.1, 0.15) is 0 Å². The minimum absolute atomic E-state index is 0.00525. The predicted molar refractivity (Wildman–Crippen MR) is 66.6 cm³/mol. The van der Waals surface area contributed by atoms with Gasteiger partial charge in [-0.25, -0.2) is 0 Å². The van der Waals surface area contributed by atoms with Gasteiger partial charge < -0.3 is 10.6 Å². The van der Waals surface area contributed by atoms with E-state index < -0.39 is 0 Å². The highest BCUT2D eigenvalue weighted by molar-refractivity contribution is 6.30. The molecule has 0 aliphatic rings. The van der Waals surface area contributed by atoms with E-state index in [0.717, 1.165) is 12.1 Å². The lowest BCUT2D eigenvalue weighted by molar-refractivity contribution is -0.120. The molecule has 0 saturated carbocycles. The van der Waals surface area contributed by atoms with Crippen molar-refractivity contribution in [2.75, 3.05) is 13.1 Å². The van der Waals surface area contributed by atoms with E-state index in [2.05, 4.69) is 10.6 Å². The molecular formula is C12H17ClN2O. The van der Waals surface area contributed by atoms with Crippen molar-refractivity contribution in [2.24, 2.45) is 0 Å².